The Morgan fingerprint density at radius 2 is 1.61 bits per heavy atom. The Morgan fingerprint density at radius 3 is 2.27 bits per heavy atom. The average Bonchev–Trinajstić information content (AvgIpc) is 3.38. The van der Waals surface area contributed by atoms with E-state index >= 15 is 0 Å². The highest BCUT2D eigenvalue weighted by Crippen LogP contribution is 2.38. The normalized spacial score (nSPS) is 17.3. The fourth-order valence-corrected chi connectivity index (χ4v) is 5.31. The Morgan fingerprint density at radius 1 is 0.927 bits per heavy atom. The molecule has 0 spiro atoms. The topological polar surface area (TPSA) is 81.9 Å². The number of amides is 1. The first-order chi connectivity index (χ1) is 19.7. The van der Waals surface area contributed by atoms with Crippen LogP contribution in [0.25, 0.3) is 16.8 Å². The van der Waals surface area contributed by atoms with Gasteiger partial charge in [0.05, 0.1) is 6.61 Å². The van der Waals surface area contributed by atoms with Gasteiger partial charge in [-0.1, -0.05) is 24.3 Å². The Labute approximate surface area is 235 Å². The standard InChI is InChI=1S/C31H30F3N3O4/c1-2-40-29(38)17-20-3-5-21(6-4-20)22-7-9-23(10-8-22)24-11-16-28-36-27(19-37(28)18-24)30(39)35-25-12-14-26(15-13-25)41-31(32,33)34/h7-16,18-21H,2-6,17H2,1H3,(H,35,39). The zero-order valence-corrected chi connectivity index (χ0v) is 22.5. The molecule has 1 aliphatic rings. The maximum atomic E-state index is 12.7. The summed E-state index contributed by atoms with van der Waals surface area (Å²) in [5.41, 5.74) is 4.37. The van der Waals surface area contributed by atoms with Gasteiger partial charge in [-0.3, -0.25) is 9.59 Å². The lowest BCUT2D eigenvalue weighted by Gasteiger charge is -2.28. The van der Waals surface area contributed by atoms with E-state index in [4.69, 9.17) is 4.74 Å². The van der Waals surface area contributed by atoms with Crippen molar-refractivity contribution < 1.29 is 32.2 Å². The van der Waals surface area contributed by atoms with Gasteiger partial charge in [0.15, 0.2) is 0 Å². The molecule has 41 heavy (non-hydrogen) atoms. The minimum absolute atomic E-state index is 0.101. The Bertz CT molecular complexity index is 1510. The molecule has 0 aliphatic heterocycles. The van der Waals surface area contributed by atoms with Gasteiger partial charge in [-0.05, 0) is 97.5 Å². The predicted octanol–water partition coefficient (Wildman–Crippen LogP) is 7.38. The van der Waals surface area contributed by atoms with Gasteiger partial charge < -0.3 is 19.2 Å². The van der Waals surface area contributed by atoms with Crippen LogP contribution in [0.1, 0.15) is 61.0 Å². The van der Waals surface area contributed by atoms with Crippen molar-refractivity contribution in [3.63, 3.8) is 0 Å². The Balaban J connectivity index is 1.20. The van der Waals surface area contributed by atoms with E-state index < -0.39 is 12.3 Å². The van der Waals surface area contributed by atoms with E-state index in [0.29, 0.717) is 36.2 Å². The molecule has 0 bridgehead atoms. The molecule has 214 valence electrons. The van der Waals surface area contributed by atoms with Crippen LogP contribution in [0.5, 0.6) is 5.75 Å². The highest BCUT2D eigenvalue weighted by molar-refractivity contribution is 6.03. The number of alkyl halides is 3. The molecule has 0 radical (unpaired) electrons. The van der Waals surface area contributed by atoms with E-state index in [1.807, 2.05) is 25.3 Å². The third kappa shape index (κ3) is 7.25. The monoisotopic (exact) mass is 565 g/mol. The Hall–Kier alpha value is -4.34. The fourth-order valence-electron chi connectivity index (χ4n) is 5.31. The largest absolute Gasteiger partial charge is 0.573 e. The van der Waals surface area contributed by atoms with Crippen LogP contribution in [0.4, 0.5) is 18.9 Å². The molecule has 0 saturated heterocycles. The number of esters is 1. The van der Waals surface area contributed by atoms with Gasteiger partial charge in [-0.15, -0.1) is 13.2 Å². The quantitative estimate of drug-likeness (QED) is 0.226. The zero-order chi connectivity index (χ0) is 29.0. The molecule has 1 amide bonds. The number of aromatic nitrogens is 2. The molecule has 5 rings (SSSR count). The van der Waals surface area contributed by atoms with Crippen molar-refractivity contribution in [3.8, 4) is 16.9 Å². The first-order valence-corrected chi connectivity index (χ1v) is 13.6. The van der Waals surface area contributed by atoms with Crippen molar-refractivity contribution in [2.24, 2.45) is 5.92 Å². The fraction of sp³-hybridized carbons (Fsp3) is 0.323. The molecular weight excluding hydrogens is 535 g/mol. The summed E-state index contributed by atoms with van der Waals surface area (Å²) in [4.78, 5) is 28.9. The summed E-state index contributed by atoms with van der Waals surface area (Å²) in [6.07, 6.45) is 3.40. The van der Waals surface area contributed by atoms with Crippen molar-refractivity contribution in [2.45, 2.75) is 51.3 Å². The number of carbonyl (C=O) groups excluding carboxylic acids is 2. The van der Waals surface area contributed by atoms with Crippen molar-refractivity contribution in [1.29, 1.82) is 0 Å². The number of benzene rings is 2. The minimum Gasteiger partial charge on any atom is -0.466 e. The number of anilines is 1. The summed E-state index contributed by atoms with van der Waals surface area (Å²) in [6.45, 7) is 2.26. The third-order valence-electron chi connectivity index (χ3n) is 7.35. The summed E-state index contributed by atoms with van der Waals surface area (Å²) in [5, 5.41) is 2.64. The van der Waals surface area contributed by atoms with Crippen molar-refractivity contribution >= 4 is 23.2 Å². The summed E-state index contributed by atoms with van der Waals surface area (Å²) in [5.74, 6) is -0.0794. The number of rotatable bonds is 8. The van der Waals surface area contributed by atoms with Crippen LogP contribution in [0.3, 0.4) is 0 Å². The number of nitrogens with one attached hydrogen (secondary N) is 1. The average molecular weight is 566 g/mol. The minimum atomic E-state index is -4.78. The van der Waals surface area contributed by atoms with Crippen LogP contribution >= 0.6 is 0 Å². The highest BCUT2D eigenvalue weighted by Gasteiger charge is 2.31. The number of imidazole rings is 1. The van der Waals surface area contributed by atoms with Crippen LogP contribution in [0.2, 0.25) is 0 Å². The molecule has 2 heterocycles. The number of pyridine rings is 1. The highest BCUT2D eigenvalue weighted by atomic mass is 19.4. The lowest BCUT2D eigenvalue weighted by molar-refractivity contribution is -0.274. The van der Waals surface area contributed by atoms with E-state index in [9.17, 15) is 22.8 Å². The van der Waals surface area contributed by atoms with Crippen LogP contribution in [0.15, 0.2) is 73.1 Å². The molecule has 1 aliphatic carbocycles. The van der Waals surface area contributed by atoms with Gasteiger partial charge in [0.2, 0.25) is 0 Å². The molecule has 4 aromatic rings. The van der Waals surface area contributed by atoms with Crippen LogP contribution in [-0.2, 0) is 9.53 Å². The van der Waals surface area contributed by atoms with Crippen LogP contribution < -0.4 is 10.1 Å². The van der Waals surface area contributed by atoms with E-state index in [1.165, 1.54) is 17.7 Å². The maximum Gasteiger partial charge on any atom is 0.573 e. The molecular formula is C31H30F3N3O4. The molecule has 1 N–H and O–H groups in total. The molecule has 0 atom stereocenters. The maximum absolute atomic E-state index is 12.7. The van der Waals surface area contributed by atoms with Crippen molar-refractivity contribution in [2.75, 3.05) is 11.9 Å². The van der Waals surface area contributed by atoms with Gasteiger partial charge in [-0.25, -0.2) is 4.98 Å². The SMILES string of the molecule is CCOC(=O)CC1CCC(c2ccc(-c3ccc4nc(C(=O)Nc5ccc(OC(F)(F)F)cc5)cn4c3)cc2)CC1. The third-order valence-corrected chi connectivity index (χ3v) is 7.35. The summed E-state index contributed by atoms with van der Waals surface area (Å²) in [7, 11) is 0. The van der Waals surface area contributed by atoms with Crippen LogP contribution in [0, 0.1) is 5.92 Å². The molecule has 10 heteroatoms. The molecule has 2 aromatic heterocycles. The van der Waals surface area contributed by atoms with Gasteiger partial charge in [0.25, 0.3) is 5.91 Å². The number of ether oxygens (including phenoxy) is 2. The lowest BCUT2D eigenvalue weighted by atomic mass is 9.77. The van der Waals surface area contributed by atoms with E-state index in [2.05, 4.69) is 39.3 Å². The number of hydrogen-bond acceptors (Lipinski definition) is 5. The zero-order valence-electron chi connectivity index (χ0n) is 22.5. The first-order valence-electron chi connectivity index (χ1n) is 13.6. The Kier molecular flexibility index (Phi) is 8.28. The number of hydrogen-bond donors (Lipinski definition) is 1. The van der Waals surface area contributed by atoms with Gasteiger partial charge >= 0.3 is 12.3 Å². The smallest absolute Gasteiger partial charge is 0.466 e. The molecule has 0 unspecified atom stereocenters. The van der Waals surface area contributed by atoms with Gasteiger partial charge in [-0.2, -0.15) is 0 Å². The molecule has 1 fully saturated rings. The number of carbonyl (C=O) groups is 2. The second-order valence-electron chi connectivity index (χ2n) is 10.2. The van der Waals surface area contributed by atoms with Crippen molar-refractivity contribution in [1.82, 2.24) is 9.38 Å². The second kappa shape index (κ2) is 12.0. The van der Waals surface area contributed by atoms with Crippen LogP contribution in [-0.4, -0.2) is 34.2 Å². The predicted molar refractivity (Wildman–Crippen MR) is 148 cm³/mol. The molecule has 2 aromatic carbocycles. The van der Waals surface area contributed by atoms with Gasteiger partial charge in [0, 0.05) is 24.5 Å². The van der Waals surface area contributed by atoms with E-state index in [0.717, 1.165) is 48.9 Å². The van der Waals surface area contributed by atoms with E-state index in [1.54, 1.807) is 10.6 Å². The number of fused-ring (bicyclic) bond motifs is 1. The first kappa shape index (κ1) is 28.2. The summed E-state index contributed by atoms with van der Waals surface area (Å²) in [6, 6.07) is 17.2. The second-order valence-corrected chi connectivity index (χ2v) is 10.2. The van der Waals surface area contributed by atoms with Gasteiger partial charge in [0.1, 0.15) is 17.1 Å². The number of nitrogens with zero attached hydrogens (tertiary/aromatic N) is 2. The van der Waals surface area contributed by atoms with Crippen molar-refractivity contribution in [3.05, 3.63) is 84.3 Å². The van der Waals surface area contributed by atoms with E-state index in [-0.39, 0.29) is 17.4 Å². The molecule has 1 saturated carbocycles. The number of halogens is 3. The molecule has 7 nitrogen and oxygen atoms in total. The lowest BCUT2D eigenvalue weighted by Crippen LogP contribution is -2.17. The summed E-state index contributed by atoms with van der Waals surface area (Å²) < 4.78 is 47.8. The summed E-state index contributed by atoms with van der Waals surface area (Å²) >= 11 is 0.